The molecule has 3 heterocycles. The molecule has 7 heteroatoms. The Bertz CT molecular complexity index is 793. The van der Waals surface area contributed by atoms with E-state index in [0.717, 1.165) is 12.8 Å². The van der Waals surface area contributed by atoms with Crippen molar-refractivity contribution < 1.29 is 19.5 Å². The second kappa shape index (κ2) is 5.89. The van der Waals surface area contributed by atoms with Crippen molar-refractivity contribution in [2.24, 2.45) is 11.8 Å². The van der Waals surface area contributed by atoms with Crippen LogP contribution in [0.3, 0.4) is 0 Å². The van der Waals surface area contributed by atoms with E-state index in [4.69, 9.17) is 0 Å². The third-order valence-corrected chi connectivity index (χ3v) is 5.90. The van der Waals surface area contributed by atoms with Gasteiger partial charge in [-0.3, -0.25) is 24.6 Å². The molecule has 1 spiro atoms. The maximum Gasteiger partial charge on any atom is 0.250 e. The van der Waals surface area contributed by atoms with E-state index in [1.54, 1.807) is 19.1 Å². The highest BCUT2D eigenvalue weighted by atomic mass is 16.3. The van der Waals surface area contributed by atoms with Gasteiger partial charge in [0.15, 0.2) is 0 Å². The van der Waals surface area contributed by atoms with Gasteiger partial charge in [0.2, 0.25) is 17.7 Å². The minimum absolute atomic E-state index is 0.291. The zero-order chi connectivity index (χ0) is 18.6. The van der Waals surface area contributed by atoms with Gasteiger partial charge in [0.25, 0.3) is 0 Å². The molecule has 0 aliphatic carbocycles. The monoisotopic (exact) mass is 357 g/mol. The first-order chi connectivity index (χ1) is 12.4. The highest BCUT2D eigenvalue weighted by molar-refractivity contribution is 6.15. The standard InChI is InChI=1S/C19H23N3O4/c1-3-4-9-22-16(24)13-14(17(22)25)19(21-15(13)10(2)23)11-7-5-6-8-12(11)20-18(19)26/h5-8,10,13-15,21,23H,3-4,9H2,1-2H3,(H,20,26)/t10?,13-,14-,15?,19?/m1/s1. The summed E-state index contributed by atoms with van der Waals surface area (Å²) in [5, 5.41) is 16.3. The number of nitrogens with one attached hydrogen (secondary N) is 2. The second-order valence-corrected chi connectivity index (χ2v) is 7.40. The normalized spacial score (nSPS) is 33.6. The smallest absolute Gasteiger partial charge is 0.250 e. The molecule has 138 valence electrons. The predicted molar refractivity (Wildman–Crippen MR) is 94.0 cm³/mol. The molecule has 2 saturated heterocycles. The number of unbranched alkanes of at least 4 members (excludes halogenated alkanes) is 1. The molecule has 0 saturated carbocycles. The number of aliphatic hydroxyl groups is 1. The Balaban J connectivity index is 1.85. The Hall–Kier alpha value is -2.25. The molecule has 1 aromatic rings. The van der Waals surface area contributed by atoms with E-state index < -0.39 is 29.5 Å². The molecule has 1 aromatic carbocycles. The Morgan fingerprint density at radius 1 is 1.23 bits per heavy atom. The average molecular weight is 357 g/mol. The Kier molecular flexibility index (Phi) is 3.89. The first-order valence-corrected chi connectivity index (χ1v) is 9.15. The first kappa shape index (κ1) is 17.2. The number of aliphatic hydroxyl groups excluding tert-OH is 1. The van der Waals surface area contributed by atoms with Crippen LogP contribution in [0.5, 0.6) is 0 Å². The number of carbonyl (C=O) groups excluding carboxylic acids is 3. The summed E-state index contributed by atoms with van der Waals surface area (Å²) in [7, 11) is 0. The number of fused-ring (bicyclic) bond motifs is 4. The summed E-state index contributed by atoms with van der Waals surface area (Å²) < 4.78 is 0. The van der Waals surface area contributed by atoms with Crippen LogP contribution in [-0.2, 0) is 19.9 Å². The Morgan fingerprint density at radius 2 is 1.96 bits per heavy atom. The molecule has 3 amide bonds. The fourth-order valence-corrected chi connectivity index (χ4v) is 4.70. The van der Waals surface area contributed by atoms with Gasteiger partial charge in [-0.05, 0) is 19.4 Å². The summed E-state index contributed by atoms with van der Waals surface area (Å²) in [4.78, 5) is 40.5. The number of hydrogen-bond acceptors (Lipinski definition) is 5. The predicted octanol–water partition coefficient (Wildman–Crippen LogP) is 0.588. The van der Waals surface area contributed by atoms with Gasteiger partial charge in [-0.25, -0.2) is 0 Å². The van der Waals surface area contributed by atoms with Crippen LogP contribution in [0, 0.1) is 11.8 Å². The van der Waals surface area contributed by atoms with Crippen molar-refractivity contribution in [1.29, 1.82) is 0 Å². The lowest BCUT2D eigenvalue weighted by atomic mass is 9.76. The highest BCUT2D eigenvalue weighted by Crippen LogP contribution is 2.53. The van der Waals surface area contributed by atoms with E-state index >= 15 is 0 Å². The number of likely N-dealkylation sites (tertiary alicyclic amines) is 1. The third kappa shape index (κ3) is 2.04. The maximum absolute atomic E-state index is 13.2. The van der Waals surface area contributed by atoms with Crippen molar-refractivity contribution >= 4 is 23.4 Å². The lowest BCUT2D eigenvalue weighted by Gasteiger charge is -2.30. The van der Waals surface area contributed by atoms with Crippen LogP contribution in [0.4, 0.5) is 5.69 Å². The number of rotatable bonds is 4. The fourth-order valence-electron chi connectivity index (χ4n) is 4.70. The van der Waals surface area contributed by atoms with Crippen molar-refractivity contribution in [2.75, 3.05) is 11.9 Å². The minimum atomic E-state index is -1.31. The van der Waals surface area contributed by atoms with Crippen LogP contribution in [-0.4, -0.2) is 46.4 Å². The number of amides is 3. The van der Waals surface area contributed by atoms with Gasteiger partial charge >= 0.3 is 0 Å². The molecule has 3 aliphatic rings. The average Bonchev–Trinajstić information content (AvgIpc) is 3.20. The lowest BCUT2D eigenvalue weighted by Crippen LogP contribution is -2.54. The van der Waals surface area contributed by atoms with Gasteiger partial charge in [-0.1, -0.05) is 31.5 Å². The molecular weight excluding hydrogens is 334 g/mol. The third-order valence-electron chi connectivity index (χ3n) is 5.90. The van der Waals surface area contributed by atoms with Gasteiger partial charge in [0.1, 0.15) is 5.54 Å². The molecule has 4 rings (SSSR count). The highest BCUT2D eigenvalue weighted by Gasteiger charge is 2.70. The van der Waals surface area contributed by atoms with Gasteiger partial charge in [-0.15, -0.1) is 0 Å². The topological polar surface area (TPSA) is 98.7 Å². The van der Waals surface area contributed by atoms with E-state index in [1.807, 2.05) is 19.1 Å². The van der Waals surface area contributed by atoms with E-state index in [1.165, 1.54) is 4.90 Å². The van der Waals surface area contributed by atoms with Crippen molar-refractivity contribution in [3.8, 4) is 0 Å². The number of carbonyl (C=O) groups is 3. The summed E-state index contributed by atoms with van der Waals surface area (Å²) in [5.41, 5.74) is 0.000255. The fraction of sp³-hybridized carbons (Fsp3) is 0.526. The van der Waals surface area contributed by atoms with Crippen LogP contribution >= 0.6 is 0 Å². The number of nitrogens with zero attached hydrogens (tertiary/aromatic N) is 1. The van der Waals surface area contributed by atoms with Crippen LogP contribution in [0.2, 0.25) is 0 Å². The Morgan fingerprint density at radius 3 is 2.65 bits per heavy atom. The second-order valence-electron chi connectivity index (χ2n) is 7.40. The minimum Gasteiger partial charge on any atom is -0.392 e. The van der Waals surface area contributed by atoms with Crippen molar-refractivity contribution in [1.82, 2.24) is 10.2 Å². The van der Waals surface area contributed by atoms with Gasteiger partial charge in [-0.2, -0.15) is 0 Å². The number of anilines is 1. The van der Waals surface area contributed by atoms with Gasteiger partial charge < -0.3 is 10.4 Å². The molecule has 0 radical (unpaired) electrons. The Labute approximate surface area is 151 Å². The molecule has 7 nitrogen and oxygen atoms in total. The van der Waals surface area contributed by atoms with E-state index in [2.05, 4.69) is 10.6 Å². The van der Waals surface area contributed by atoms with Crippen LogP contribution in [0.25, 0.3) is 0 Å². The molecule has 0 bridgehead atoms. The summed E-state index contributed by atoms with van der Waals surface area (Å²) in [6.07, 6.45) is 0.712. The van der Waals surface area contributed by atoms with Crippen LogP contribution in [0.15, 0.2) is 24.3 Å². The maximum atomic E-state index is 13.2. The molecule has 0 aromatic heterocycles. The molecule has 3 unspecified atom stereocenters. The summed E-state index contributed by atoms with van der Waals surface area (Å²) in [6, 6.07) is 6.55. The molecule has 2 fully saturated rings. The lowest BCUT2D eigenvalue weighted by molar-refractivity contribution is -0.143. The van der Waals surface area contributed by atoms with Crippen LogP contribution in [0.1, 0.15) is 32.3 Å². The first-order valence-electron chi connectivity index (χ1n) is 9.15. The zero-order valence-corrected chi connectivity index (χ0v) is 14.9. The van der Waals surface area contributed by atoms with Crippen molar-refractivity contribution in [3.05, 3.63) is 29.8 Å². The quantitative estimate of drug-likeness (QED) is 0.685. The summed E-state index contributed by atoms with van der Waals surface area (Å²) in [6.45, 7) is 3.93. The molecular formula is C19H23N3O4. The number of benzene rings is 1. The van der Waals surface area contributed by atoms with Gasteiger partial charge in [0, 0.05) is 23.8 Å². The van der Waals surface area contributed by atoms with E-state index in [9.17, 15) is 19.5 Å². The van der Waals surface area contributed by atoms with Crippen molar-refractivity contribution in [2.45, 2.75) is 44.4 Å². The SMILES string of the molecule is CCCCN1C(=O)[C@H]2C(C(C)O)NC3(C(=O)Nc4ccccc43)[C@H]2C1=O. The largest absolute Gasteiger partial charge is 0.392 e. The van der Waals surface area contributed by atoms with E-state index in [0.29, 0.717) is 17.8 Å². The van der Waals surface area contributed by atoms with E-state index in [-0.39, 0.29) is 17.7 Å². The molecule has 26 heavy (non-hydrogen) atoms. The molecule has 3 aliphatic heterocycles. The number of hydrogen-bond donors (Lipinski definition) is 3. The van der Waals surface area contributed by atoms with Crippen molar-refractivity contribution in [3.63, 3.8) is 0 Å². The molecule has 5 atom stereocenters. The summed E-state index contributed by atoms with van der Waals surface area (Å²) in [5.74, 6) is -2.53. The zero-order valence-electron chi connectivity index (χ0n) is 14.9. The van der Waals surface area contributed by atoms with Crippen LogP contribution < -0.4 is 10.6 Å². The summed E-state index contributed by atoms with van der Waals surface area (Å²) >= 11 is 0. The van der Waals surface area contributed by atoms with Gasteiger partial charge in [0.05, 0.1) is 17.9 Å². The number of para-hydroxylation sites is 1. The molecule has 3 N–H and O–H groups in total. The number of imide groups is 1.